The Hall–Kier alpha value is -3.16. The standard InChI is InChI=1S/C22H29FN6O/c1-2-25-22(27-13-16-6-3-9-19(23)12-16)28-14-17-7-4-10-26-21(17)29-11-5-8-18(15-29)20(24)30/h3-4,6-7,9-10,12,18H,2,5,8,11,13-15H2,1H3,(H2,24,30)(H2,25,27,28). The predicted octanol–water partition coefficient (Wildman–Crippen LogP) is 2.18. The first kappa shape index (κ1) is 21.5. The fraction of sp³-hybridized carbons (Fsp3) is 0.409. The number of benzene rings is 1. The number of hydrogen-bond acceptors (Lipinski definition) is 4. The van der Waals surface area contributed by atoms with Gasteiger partial charge in [-0.15, -0.1) is 0 Å². The SMILES string of the molecule is CCNC(=NCc1cccc(F)c1)NCc1cccnc1N1CCCC(C(N)=O)C1. The number of nitrogens with two attached hydrogens (primary N) is 1. The van der Waals surface area contributed by atoms with Crippen molar-refractivity contribution in [1.29, 1.82) is 0 Å². The van der Waals surface area contributed by atoms with Gasteiger partial charge < -0.3 is 21.3 Å². The molecular weight excluding hydrogens is 383 g/mol. The summed E-state index contributed by atoms with van der Waals surface area (Å²) in [7, 11) is 0. The van der Waals surface area contributed by atoms with Gasteiger partial charge in [0, 0.05) is 37.9 Å². The third-order valence-corrected chi connectivity index (χ3v) is 5.09. The zero-order chi connectivity index (χ0) is 21.3. The number of primary amides is 1. The Morgan fingerprint density at radius 2 is 2.20 bits per heavy atom. The van der Waals surface area contributed by atoms with E-state index in [1.54, 1.807) is 12.3 Å². The largest absolute Gasteiger partial charge is 0.369 e. The summed E-state index contributed by atoms with van der Waals surface area (Å²) in [6.45, 7) is 5.04. The third kappa shape index (κ3) is 5.92. The van der Waals surface area contributed by atoms with Crippen LogP contribution < -0.4 is 21.3 Å². The number of guanidine groups is 1. The summed E-state index contributed by atoms with van der Waals surface area (Å²) in [6.07, 6.45) is 3.49. The summed E-state index contributed by atoms with van der Waals surface area (Å²) < 4.78 is 13.4. The molecule has 4 N–H and O–H groups in total. The van der Waals surface area contributed by atoms with Crippen molar-refractivity contribution in [2.24, 2.45) is 16.6 Å². The van der Waals surface area contributed by atoms with Crippen LogP contribution >= 0.6 is 0 Å². The first-order valence-electron chi connectivity index (χ1n) is 10.3. The number of hydrogen-bond donors (Lipinski definition) is 3. The zero-order valence-corrected chi connectivity index (χ0v) is 17.3. The molecule has 1 saturated heterocycles. The molecule has 1 aromatic carbocycles. The lowest BCUT2D eigenvalue weighted by Crippen LogP contribution is -2.42. The van der Waals surface area contributed by atoms with Gasteiger partial charge in [0.05, 0.1) is 12.5 Å². The summed E-state index contributed by atoms with van der Waals surface area (Å²) in [4.78, 5) is 22.9. The van der Waals surface area contributed by atoms with E-state index in [1.165, 1.54) is 12.1 Å². The van der Waals surface area contributed by atoms with E-state index in [0.717, 1.165) is 36.3 Å². The van der Waals surface area contributed by atoms with Gasteiger partial charge in [-0.2, -0.15) is 0 Å². The molecule has 7 nitrogen and oxygen atoms in total. The summed E-state index contributed by atoms with van der Waals surface area (Å²) >= 11 is 0. The number of nitrogens with zero attached hydrogens (tertiary/aromatic N) is 3. The highest BCUT2D eigenvalue weighted by Crippen LogP contribution is 2.24. The van der Waals surface area contributed by atoms with Gasteiger partial charge in [0.1, 0.15) is 11.6 Å². The maximum Gasteiger partial charge on any atom is 0.222 e. The predicted molar refractivity (Wildman–Crippen MR) is 116 cm³/mol. The van der Waals surface area contributed by atoms with Gasteiger partial charge in [-0.3, -0.25) is 4.79 Å². The second-order valence-corrected chi connectivity index (χ2v) is 7.35. The Kier molecular flexibility index (Phi) is 7.59. The first-order chi connectivity index (χ1) is 14.6. The van der Waals surface area contributed by atoms with Crippen LogP contribution in [0.5, 0.6) is 0 Å². The van der Waals surface area contributed by atoms with Crippen LogP contribution in [0.2, 0.25) is 0 Å². The molecule has 1 aromatic heterocycles. The Labute approximate surface area is 176 Å². The minimum Gasteiger partial charge on any atom is -0.369 e. The number of carbonyl (C=O) groups excluding carboxylic acids is 1. The van der Waals surface area contributed by atoms with E-state index in [1.807, 2.05) is 25.1 Å². The normalized spacial score (nSPS) is 16.9. The van der Waals surface area contributed by atoms with Crippen LogP contribution in [0, 0.1) is 11.7 Å². The van der Waals surface area contributed by atoms with E-state index in [-0.39, 0.29) is 17.6 Å². The van der Waals surface area contributed by atoms with E-state index in [0.29, 0.717) is 32.1 Å². The van der Waals surface area contributed by atoms with Crippen molar-refractivity contribution < 1.29 is 9.18 Å². The maximum absolute atomic E-state index is 13.4. The Balaban J connectivity index is 1.69. The fourth-order valence-corrected chi connectivity index (χ4v) is 3.58. The van der Waals surface area contributed by atoms with Crippen molar-refractivity contribution >= 4 is 17.7 Å². The molecule has 2 heterocycles. The molecule has 1 fully saturated rings. The minimum absolute atomic E-state index is 0.147. The van der Waals surface area contributed by atoms with Crippen LogP contribution in [0.1, 0.15) is 30.9 Å². The summed E-state index contributed by atoms with van der Waals surface area (Å²) in [6, 6.07) is 10.3. The first-order valence-corrected chi connectivity index (χ1v) is 10.3. The lowest BCUT2D eigenvalue weighted by Gasteiger charge is -2.33. The van der Waals surface area contributed by atoms with Gasteiger partial charge in [0.15, 0.2) is 5.96 Å². The van der Waals surface area contributed by atoms with Crippen LogP contribution in [0.15, 0.2) is 47.6 Å². The lowest BCUT2D eigenvalue weighted by molar-refractivity contribution is -0.122. The average molecular weight is 413 g/mol. The van der Waals surface area contributed by atoms with Crippen molar-refractivity contribution in [1.82, 2.24) is 15.6 Å². The van der Waals surface area contributed by atoms with Gasteiger partial charge in [0.2, 0.25) is 5.91 Å². The summed E-state index contributed by atoms with van der Waals surface area (Å²) in [5.74, 6) is 0.833. The number of nitrogens with one attached hydrogen (secondary N) is 2. The number of aliphatic imine (C=N–C) groups is 1. The van der Waals surface area contributed by atoms with Crippen LogP contribution in [0.25, 0.3) is 0 Å². The number of pyridine rings is 1. The zero-order valence-electron chi connectivity index (χ0n) is 17.3. The highest BCUT2D eigenvalue weighted by atomic mass is 19.1. The molecule has 1 aliphatic heterocycles. The Morgan fingerprint density at radius 1 is 1.33 bits per heavy atom. The summed E-state index contributed by atoms with van der Waals surface area (Å²) in [5, 5.41) is 6.53. The highest BCUT2D eigenvalue weighted by molar-refractivity contribution is 5.80. The number of piperidine rings is 1. The molecule has 1 aliphatic rings. The van der Waals surface area contributed by atoms with Gasteiger partial charge in [0.25, 0.3) is 0 Å². The molecule has 160 valence electrons. The van der Waals surface area contributed by atoms with Crippen molar-refractivity contribution in [2.75, 3.05) is 24.5 Å². The average Bonchev–Trinajstić information content (AvgIpc) is 2.76. The van der Waals surface area contributed by atoms with Gasteiger partial charge >= 0.3 is 0 Å². The molecular formula is C22H29FN6O. The lowest BCUT2D eigenvalue weighted by atomic mass is 9.97. The van der Waals surface area contributed by atoms with E-state index in [4.69, 9.17) is 5.73 Å². The van der Waals surface area contributed by atoms with E-state index >= 15 is 0 Å². The van der Waals surface area contributed by atoms with Crippen molar-refractivity contribution in [3.63, 3.8) is 0 Å². The molecule has 0 bridgehead atoms. The molecule has 0 saturated carbocycles. The Morgan fingerprint density at radius 3 is 2.97 bits per heavy atom. The molecule has 0 radical (unpaired) electrons. The molecule has 1 atom stereocenters. The molecule has 1 amide bonds. The second kappa shape index (κ2) is 10.6. The fourth-order valence-electron chi connectivity index (χ4n) is 3.58. The number of aromatic nitrogens is 1. The number of halogens is 1. The van der Waals surface area contributed by atoms with Crippen LogP contribution in [0.3, 0.4) is 0 Å². The van der Waals surface area contributed by atoms with Gasteiger partial charge in [-0.05, 0) is 43.5 Å². The number of rotatable bonds is 7. The molecule has 1 unspecified atom stereocenters. The molecule has 8 heteroatoms. The number of carbonyl (C=O) groups is 1. The monoisotopic (exact) mass is 412 g/mol. The topological polar surface area (TPSA) is 95.6 Å². The minimum atomic E-state index is -0.267. The number of anilines is 1. The highest BCUT2D eigenvalue weighted by Gasteiger charge is 2.25. The molecule has 2 aromatic rings. The van der Waals surface area contributed by atoms with Crippen molar-refractivity contribution in [2.45, 2.75) is 32.9 Å². The summed E-state index contributed by atoms with van der Waals surface area (Å²) in [5.41, 5.74) is 7.34. The van der Waals surface area contributed by atoms with Crippen LogP contribution in [-0.2, 0) is 17.9 Å². The van der Waals surface area contributed by atoms with Crippen molar-refractivity contribution in [3.05, 3.63) is 59.5 Å². The Bertz CT molecular complexity index is 887. The van der Waals surface area contributed by atoms with Crippen LogP contribution in [0.4, 0.5) is 10.2 Å². The quantitative estimate of drug-likeness (QED) is 0.479. The van der Waals surface area contributed by atoms with E-state index in [9.17, 15) is 9.18 Å². The molecule has 3 rings (SSSR count). The smallest absolute Gasteiger partial charge is 0.222 e. The van der Waals surface area contributed by atoms with Crippen LogP contribution in [-0.4, -0.2) is 36.5 Å². The second-order valence-electron chi connectivity index (χ2n) is 7.35. The molecule has 0 aliphatic carbocycles. The molecule has 0 spiro atoms. The van der Waals surface area contributed by atoms with Crippen molar-refractivity contribution in [3.8, 4) is 0 Å². The van der Waals surface area contributed by atoms with E-state index < -0.39 is 0 Å². The molecule has 30 heavy (non-hydrogen) atoms. The van der Waals surface area contributed by atoms with Gasteiger partial charge in [-0.25, -0.2) is 14.4 Å². The van der Waals surface area contributed by atoms with Gasteiger partial charge in [-0.1, -0.05) is 18.2 Å². The van der Waals surface area contributed by atoms with E-state index in [2.05, 4.69) is 25.5 Å². The number of amides is 1. The maximum atomic E-state index is 13.4. The third-order valence-electron chi connectivity index (χ3n) is 5.09.